The number of hydrogen-bond acceptors (Lipinski definition) is 5. The Morgan fingerprint density at radius 1 is 1.60 bits per heavy atom. The van der Waals surface area contributed by atoms with Crippen LogP contribution in [0.2, 0.25) is 0 Å². The molecule has 0 radical (unpaired) electrons. The van der Waals surface area contributed by atoms with Crippen LogP contribution in [-0.4, -0.2) is 28.4 Å². The molecule has 0 spiro atoms. The van der Waals surface area contributed by atoms with Crippen LogP contribution in [0.3, 0.4) is 0 Å². The number of nitrogens with two attached hydrogens (primary N) is 1. The van der Waals surface area contributed by atoms with Crippen LogP contribution < -0.4 is 11.3 Å². The van der Waals surface area contributed by atoms with E-state index in [-0.39, 0.29) is 17.9 Å². The van der Waals surface area contributed by atoms with Gasteiger partial charge >= 0.3 is 0 Å². The molecule has 1 atom stereocenters. The molecule has 1 heterocycles. The topological polar surface area (TPSA) is 95.0 Å². The van der Waals surface area contributed by atoms with Gasteiger partial charge < -0.3 is 0 Å². The maximum absolute atomic E-state index is 12.0. The van der Waals surface area contributed by atoms with Crippen LogP contribution in [0.1, 0.15) is 25.8 Å². The summed E-state index contributed by atoms with van der Waals surface area (Å²) < 4.78 is 0. The van der Waals surface area contributed by atoms with Crippen LogP contribution in [0.15, 0.2) is 24.5 Å². The van der Waals surface area contributed by atoms with E-state index < -0.39 is 0 Å². The number of carbonyl (C=O) groups is 1. The summed E-state index contributed by atoms with van der Waals surface area (Å²) in [6.07, 6.45) is 3.83. The fourth-order valence-electron chi connectivity index (χ4n) is 2.21. The smallest absolute Gasteiger partial charge is 0.251 e. The van der Waals surface area contributed by atoms with E-state index >= 15 is 0 Å². The molecule has 1 aromatic heterocycles. The number of pyridine rings is 1. The summed E-state index contributed by atoms with van der Waals surface area (Å²) in [7, 11) is 0. The van der Waals surface area contributed by atoms with E-state index in [9.17, 15) is 4.79 Å². The van der Waals surface area contributed by atoms with Crippen LogP contribution >= 0.6 is 0 Å². The number of nitrogens with one attached hydrogen (secondary N) is 1. The van der Waals surface area contributed by atoms with Gasteiger partial charge in [-0.25, -0.2) is 5.84 Å². The van der Waals surface area contributed by atoms with Gasteiger partial charge in [-0.15, -0.1) is 0 Å². The average molecular weight is 275 g/mol. The Morgan fingerprint density at radius 3 is 2.85 bits per heavy atom. The minimum Gasteiger partial charge on any atom is -0.293 e. The maximum Gasteiger partial charge on any atom is 0.251 e. The molecule has 0 aliphatic heterocycles. The highest BCUT2D eigenvalue weighted by molar-refractivity contribution is 5.81. The zero-order valence-corrected chi connectivity index (χ0v) is 11.9. The van der Waals surface area contributed by atoms with Crippen molar-refractivity contribution in [3.63, 3.8) is 0 Å². The molecule has 0 saturated carbocycles. The molecule has 1 rings (SSSR count). The Labute approximate surface area is 119 Å². The van der Waals surface area contributed by atoms with Crippen LogP contribution in [0, 0.1) is 17.2 Å². The highest BCUT2D eigenvalue weighted by Crippen LogP contribution is 2.15. The molecule has 1 aromatic rings. The van der Waals surface area contributed by atoms with Gasteiger partial charge in [0, 0.05) is 31.9 Å². The van der Waals surface area contributed by atoms with Crippen LogP contribution in [0.5, 0.6) is 0 Å². The molecule has 6 nitrogen and oxygen atoms in total. The van der Waals surface area contributed by atoms with Crippen LogP contribution in [-0.2, 0) is 11.3 Å². The Kier molecular flexibility index (Phi) is 6.64. The minimum atomic E-state index is -0.367. The van der Waals surface area contributed by atoms with Crippen molar-refractivity contribution in [3.8, 4) is 6.07 Å². The normalized spacial score (nSPS) is 12.2. The fourth-order valence-corrected chi connectivity index (χ4v) is 2.21. The van der Waals surface area contributed by atoms with Crippen molar-refractivity contribution in [2.45, 2.75) is 32.9 Å². The van der Waals surface area contributed by atoms with Gasteiger partial charge in [-0.1, -0.05) is 19.9 Å². The quantitative estimate of drug-likeness (QED) is 0.436. The van der Waals surface area contributed by atoms with E-state index in [1.165, 1.54) is 0 Å². The molecular weight excluding hydrogens is 254 g/mol. The number of amides is 1. The number of carbonyl (C=O) groups excluding carboxylic acids is 1. The first-order valence-electron chi connectivity index (χ1n) is 6.60. The van der Waals surface area contributed by atoms with E-state index in [1.807, 2.05) is 30.9 Å². The number of hydrogen-bond donors (Lipinski definition) is 2. The second kappa shape index (κ2) is 8.25. The third-order valence-electron chi connectivity index (χ3n) is 3.06. The summed E-state index contributed by atoms with van der Waals surface area (Å²) >= 11 is 0. The van der Waals surface area contributed by atoms with Crippen molar-refractivity contribution >= 4 is 5.91 Å². The molecule has 20 heavy (non-hydrogen) atoms. The Balaban J connectivity index is 2.91. The molecular formula is C14H21N5O. The third-order valence-corrected chi connectivity index (χ3v) is 3.06. The summed E-state index contributed by atoms with van der Waals surface area (Å²) in [4.78, 5) is 18.0. The van der Waals surface area contributed by atoms with E-state index in [0.717, 1.165) is 5.56 Å². The average Bonchev–Trinajstić information content (AvgIpc) is 2.45. The van der Waals surface area contributed by atoms with Gasteiger partial charge in [0.25, 0.3) is 5.91 Å². The third kappa shape index (κ3) is 4.61. The summed E-state index contributed by atoms with van der Waals surface area (Å²) in [6.45, 7) is 5.00. The van der Waals surface area contributed by atoms with Gasteiger partial charge in [-0.05, 0) is 17.5 Å². The molecule has 0 saturated heterocycles. The first kappa shape index (κ1) is 16.1. The van der Waals surface area contributed by atoms with Gasteiger partial charge in [0.1, 0.15) is 0 Å². The molecule has 3 N–H and O–H groups in total. The van der Waals surface area contributed by atoms with Gasteiger partial charge in [0.05, 0.1) is 12.1 Å². The van der Waals surface area contributed by atoms with Gasteiger partial charge in [-0.2, -0.15) is 5.26 Å². The monoisotopic (exact) mass is 275 g/mol. The predicted molar refractivity (Wildman–Crippen MR) is 75.8 cm³/mol. The Hall–Kier alpha value is -1.97. The minimum absolute atomic E-state index is 0.0916. The van der Waals surface area contributed by atoms with Crippen molar-refractivity contribution in [1.82, 2.24) is 15.3 Å². The van der Waals surface area contributed by atoms with Gasteiger partial charge in [0.2, 0.25) is 0 Å². The zero-order valence-electron chi connectivity index (χ0n) is 11.9. The zero-order chi connectivity index (χ0) is 15.0. The summed E-state index contributed by atoms with van der Waals surface area (Å²) in [5.41, 5.74) is 3.21. The van der Waals surface area contributed by atoms with E-state index in [1.54, 1.807) is 12.4 Å². The number of nitriles is 1. The molecule has 0 aromatic carbocycles. The first-order chi connectivity index (χ1) is 9.60. The van der Waals surface area contributed by atoms with E-state index in [0.29, 0.717) is 19.5 Å². The second-order valence-corrected chi connectivity index (χ2v) is 4.94. The lowest BCUT2D eigenvalue weighted by atomic mass is 10.0. The second-order valence-electron chi connectivity index (χ2n) is 4.94. The van der Waals surface area contributed by atoms with Crippen molar-refractivity contribution in [2.24, 2.45) is 11.8 Å². The van der Waals surface area contributed by atoms with Crippen LogP contribution in [0.4, 0.5) is 0 Å². The molecule has 1 amide bonds. The highest BCUT2D eigenvalue weighted by atomic mass is 16.2. The largest absolute Gasteiger partial charge is 0.293 e. The lowest BCUT2D eigenvalue weighted by Crippen LogP contribution is -2.51. The maximum atomic E-state index is 12.0. The lowest BCUT2D eigenvalue weighted by Gasteiger charge is -2.32. The molecule has 0 bridgehead atoms. The Bertz CT molecular complexity index is 454. The highest BCUT2D eigenvalue weighted by Gasteiger charge is 2.28. The van der Waals surface area contributed by atoms with Crippen molar-refractivity contribution in [3.05, 3.63) is 30.1 Å². The summed E-state index contributed by atoms with van der Waals surface area (Å²) in [5, 5.41) is 8.78. The number of nitrogens with zero attached hydrogens (tertiary/aromatic N) is 3. The first-order valence-corrected chi connectivity index (χ1v) is 6.60. The Morgan fingerprint density at radius 2 is 2.35 bits per heavy atom. The van der Waals surface area contributed by atoms with Gasteiger partial charge in [-0.3, -0.25) is 20.1 Å². The standard InChI is InChI=1S/C14H21N5O/c1-11(2)13(14(20)18-16)19(8-4-6-15)10-12-5-3-7-17-9-12/h3,5,7,9,11,13H,4,8,10,16H2,1-2H3,(H,18,20). The van der Waals surface area contributed by atoms with E-state index in [4.69, 9.17) is 11.1 Å². The molecule has 0 fully saturated rings. The van der Waals surface area contributed by atoms with Crippen molar-refractivity contribution in [2.75, 3.05) is 6.54 Å². The molecule has 6 heteroatoms. The molecule has 1 unspecified atom stereocenters. The van der Waals surface area contributed by atoms with E-state index in [2.05, 4.69) is 16.5 Å². The fraction of sp³-hybridized carbons (Fsp3) is 0.500. The summed E-state index contributed by atoms with van der Waals surface area (Å²) in [5.74, 6) is 5.12. The molecule has 0 aliphatic carbocycles. The lowest BCUT2D eigenvalue weighted by molar-refractivity contribution is -0.128. The number of aromatic nitrogens is 1. The molecule has 108 valence electrons. The van der Waals surface area contributed by atoms with Crippen molar-refractivity contribution < 1.29 is 4.79 Å². The SMILES string of the molecule is CC(C)C(C(=O)NN)N(CCC#N)Cc1cccnc1. The number of hydrazine groups is 1. The van der Waals surface area contributed by atoms with Crippen LogP contribution in [0.25, 0.3) is 0 Å². The molecule has 0 aliphatic rings. The predicted octanol–water partition coefficient (Wildman–Crippen LogP) is 0.812. The number of rotatable bonds is 7. The van der Waals surface area contributed by atoms with Crippen molar-refractivity contribution in [1.29, 1.82) is 5.26 Å². The van der Waals surface area contributed by atoms with Gasteiger partial charge in [0.15, 0.2) is 0 Å². The summed E-state index contributed by atoms with van der Waals surface area (Å²) in [6, 6.07) is 5.55.